The maximum Gasteiger partial charge on any atom is 0.201 e. The van der Waals surface area contributed by atoms with Gasteiger partial charge in [0.15, 0.2) is 5.78 Å². The normalized spacial score (nSPS) is 12.4. The van der Waals surface area contributed by atoms with Gasteiger partial charge in [0.1, 0.15) is 23.8 Å². The summed E-state index contributed by atoms with van der Waals surface area (Å²) in [6.07, 6.45) is 37.8. The summed E-state index contributed by atoms with van der Waals surface area (Å²) >= 11 is 0. The Kier molecular flexibility index (Phi) is 26.5. The fourth-order valence-corrected chi connectivity index (χ4v) is 8.83. The third-order valence-electron chi connectivity index (χ3n) is 12.3. The van der Waals surface area contributed by atoms with Gasteiger partial charge in [-0.3, -0.25) is 9.59 Å². The van der Waals surface area contributed by atoms with Gasteiger partial charge in [-0.25, -0.2) is 0 Å². The second-order valence-corrected chi connectivity index (χ2v) is 17.4. The topological polar surface area (TPSA) is 72.8 Å². The summed E-state index contributed by atoms with van der Waals surface area (Å²) < 4.78 is 11.8. The quantitative estimate of drug-likeness (QED) is 0.0478. The molecule has 0 aliphatic heterocycles. The number of carbonyl (C=O) groups excluding carboxylic acids is 2. The van der Waals surface area contributed by atoms with E-state index in [0.29, 0.717) is 12.3 Å². The number of rotatable bonds is 34. The Bertz CT molecular complexity index is 1390. The highest BCUT2D eigenvalue weighted by Crippen LogP contribution is 2.40. The number of hydrogen-bond acceptors (Lipinski definition) is 5. The molecule has 7 heteroatoms. The van der Waals surface area contributed by atoms with Crippen molar-refractivity contribution in [1.29, 1.82) is 0 Å². The van der Waals surface area contributed by atoms with E-state index in [1.54, 1.807) is 18.2 Å². The highest BCUT2D eigenvalue weighted by molar-refractivity contribution is 6.30. The van der Waals surface area contributed by atoms with Crippen LogP contribution in [0.1, 0.15) is 231 Å². The zero-order valence-electron chi connectivity index (χ0n) is 37.1. The van der Waals surface area contributed by atoms with Crippen LogP contribution in [0.15, 0.2) is 24.3 Å². The fraction of sp³-hybridized carbons (Fsp3) is 0.720. The highest BCUT2D eigenvalue weighted by Gasteiger charge is 2.36. The van der Waals surface area contributed by atoms with Crippen molar-refractivity contribution in [2.75, 3.05) is 34.4 Å². The third kappa shape index (κ3) is 18.2. The van der Waals surface area contributed by atoms with Gasteiger partial charge in [0, 0.05) is 22.8 Å². The minimum absolute atomic E-state index is 0. The van der Waals surface area contributed by atoms with E-state index < -0.39 is 0 Å². The molecule has 0 heterocycles. The Hall–Kier alpha value is -2.38. The molecule has 0 aromatic heterocycles. The number of hydrogen-bond donors (Lipinski definition) is 1. The van der Waals surface area contributed by atoms with Gasteiger partial charge >= 0.3 is 0 Å². The lowest BCUT2D eigenvalue weighted by molar-refractivity contribution is -0.923. The smallest absolute Gasteiger partial charge is 0.201 e. The summed E-state index contributed by atoms with van der Waals surface area (Å²) in [6.45, 7) is 7.42. The number of fused-ring (bicyclic) bond motifs is 2. The second-order valence-electron chi connectivity index (χ2n) is 17.4. The van der Waals surface area contributed by atoms with Crippen LogP contribution in [0.3, 0.4) is 0 Å². The zero-order chi connectivity index (χ0) is 40.4. The van der Waals surface area contributed by atoms with Gasteiger partial charge in [-0.05, 0) is 43.9 Å². The lowest BCUT2D eigenvalue weighted by Gasteiger charge is -2.35. The highest BCUT2D eigenvalue weighted by atomic mass is 79.9. The van der Waals surface area contributed by atoms with Crippen molar-refractivity contribution in [1.82, 2.24) is 0 Å². The molecule has 3 rings (SSSR count). The van der Waals surface area contributed by atoms with Gasteiger partial charge in [0.05, 0.1) is 45.5 Å². The maximum atomic E-state index is 13.9. The van der Waals surface area contributed by atoms with E-state index in [2.05, 4.69) is 20.9 Å². The number of halogens is 1. The molecule has 0 spiro atoms. The summed E-state index contributed by atoms with van der Waals surface area (Å²) in [5.41, 5.74) is 1.69. The van der Waals surface area contributed by atoms with Crippen molar-refractivity contribution in [3.8, 4) is 17.2 Å². The average Bonchev–Trinajstić information content (AvgIpc) is 3.19. The van der Waals surface area contributed by atoms with Gasteiger partial charge in [0.2, 0.25) is 5.78 Å². The first-order chi connectivity index (χ1) is 27.3. The van der Waals surface area contributed by atoms with Crippen LogP contribution < -0.4 is 26.5 Å². The van der Waals surface area contributed by atoms with Crippen LogP contribution in [0, 0.1) is 0 Å². The van der Waals surface area contributed by atoms with E-state index in [0.717, 1.165) is 23.1 Å². The summed E-state index contributed by atoms with van der Waals surface area (Å²) in [7, 11) is 5.35. The van der Waals surface area contributed by atoms with Crippen LogP contribution in [0.25, 0.3) is 0 Å². The average molecular weight is 857 g/mol. The molecule has 0 amide bonds. The predicted molar refractivity (Wildman–Crippen MR) is 235 cm³/mol. The first-order valence-electron chi connectivity index (χ1n) is 23.3. The Morgan fingerprint density at radius 2 is 0.877 bits per heavy atom. The SMILES string of the molecule is CCCCCCCCCCCCCCCC[N+](C)(CCCCCCCCCCCCCCCC)Cc1cc(O)c2c(c1)C(=O)c1cc(OC)cc(OC)c1C2=O.[Br-]. The van der Waals surface area contributed by atoms with Gasteiger partial charge in [0.25, 0.3) is 0 Å². The molecular formula is C50H82BrNO5. The molecule has 2 aromatic rings. The lowest BCUT2D eigenvalue weighted by Crippen LogP contribution is -3.00. The largest absolute Gasteiger partial charge is 1.00 e. The molecule has 1 aliphatic rings. The first-order valence-corrected chi connectivity index (χ1v) is 23.3. The molecule has 1 aliphatic carbocycles. The third-order valence-corrected chi connectivity index (χ3v) is 12.3. The van der Waals surface area contributed by atoms with Gasteiger partial charge in [-0.2, -0.15) is 0 Å². The molecule has 2 aromatic carbocycles. The van der Waals surface area contributed by atoms with Gasteiger partial charge in [-0.1, -0.05) is 168 Å². The van der Waals surface area contributed by atoms with Crippen molar-refractivity contribution in [3.63, 3.8) is 0 Å². The zero-order valence-corrected chi connectivity index (χ0v) is 38.7. The minimum atomic E-state index is -0.389. The number of nitrogens with zero attached hydrogens (tertiary/aromatic N) is 1. The number of benzene rings is 2. The summed E-state index contributed by atoms with van der Waals surface area (Å²) in [5, 5.41) is 11.3. The van der Waals surface area contributed by atoms with E-state index in [1.165, 1.54) is 194 Å². The molecule has 0 bridgehead atoms. The lowest BCUT2D eigenvalue weighted by atomic mass is 9.82. The van der Waals surface area contributed by atoms with Crippen LogP contribution in [0.4, 0.5) is 0 Å². The molecule has 0 radical (unpaired) electrons. The number of quaternary nitrogens is 1. The monoisotopic (exact) mass is 856 g/mol. The van der Waals surface area contributed by atoms with E-state index in [1.807, 2.05) is 6.07 Å². The molecule has 57 heavy (non-hydrogen) atoms. The standard InChI is InChI=1S/C50H81NO5.BrH/c1-6-8-10-12-14-16-18-20-22-24-26-28-30-32-34-51(3,35-33-31-29-27-25-23-21-19-17-15-13-11-9-7-2)40-41-36-43-47(45(52)37-41)50(54)48-44(49(43)53)38-42(55-4)39-46(48)56-5;/h36-39H,6-35,40H2,1-5H3;1H. The van der Waals surface area contributed by atoms with Crippen molar-refractivity contribution in [3.05, 3.63) is 52.1 Å². The van der Waals surface area contributed by atoms with E-state index >= 15 is 0 Å². The number of carbonyl (C=O) groups is 2. The summed E-state index contributed by atoms with van der Waals surface area (Å²) in [5.74, 6) is -0.0650. The molecule has 0 atom stereocenters. The first kappa shape index (κ1) is 50.8. The van der Waals surface area contributed by atoms with Crippen LogP contribution in [-0.2, 0) is 6.54 Å². The summed E-state index contributed by atoms with van der Waals surface area (Å²) in [6, 6.07) is 6.79. The Labute approximate surface area is 359 Å². The van der Waals surface area contributed by atoms with Crippen LogP contribution in [0.5, 0.6) is 17.2 Å². The molecule has 1 N–H and O–H groups in total. The van der Waals surface area contributed by atoms with Gasteiger partial charge in [-0.15, -0.1) is 0 Å². The molecular weight excluding hydrogens is 774 g/mol. The predicted octanol–water partition coefficient (Wildman–Crippen LogP) is 11.1. The number of unbranched alkanes of at least 4 members (excludes halogenated alkanes) is 26. The number of aromatic hydroxyl groups is 1. The number of methoxy groups -OCH3 is 2. The van der Waals surface area contributed by atoms with E-state index in [4.69, 9.17) is 9.47 Å². The van der Waals surface area contributed by atoms with Crippen molar-refractivity contribution >= 4 is 11.6 Å². The molecule has 0 fully saturated rings. The second kappa shape index (κ2) is 29.8. The number of ketones is 2. The van der Waals surface area contributed by atoms with E-state index in [-0.39, 0.29) is 62.3 Å². The maximum absolute atomic E-state index is 13.9. The summed E-state index contributed by atoms with van der Waals surface area (Å²) in [4.78, 5) is 27.7. The van der Waals surface area contributed by atoms with Crippen molar-refractivity contribution in [2.45, 2.75) is 200 Å². The van der Waals surface area contributed by atoms with Crippen LogP contribution >= 0.6 is 0 Å². The number of phenols is 1. The van der Waals surface area contributed by atoms with Crippen molar-refractivity contribution < 1.29 is 45.6 Å². The van der Waals surface area contributed by atoms with Gasteiger partial charge < -0.3 is 36.0 Å². The van der Waals surface area contributed by atoms with Crippen molar-refractivity contribution in [2.24, 2.45) is 0 Å². The molecule has 0 saturated carbocycles. The van der Waals surface area contributed by atoms with E-state index in [9.17, 15) is 14.7 Å². The Balaban J connectivity index is 0.0000112. The fourth-order valence-electron chi connectivity index (χ4n) is 8.83. The number of ether oxygens (including phenoxy) is 2. The van der Waals surface area contributed by atoms with Crippen LogP contribution in [0.2, 0.25) is 0 Å². The molecule has 0 saturated heterocycles. The molecule has 6 nitrogen and oxygen atoms in total. The molecule has 0 unspecified atom stereocenters. The Morgan fingerprint density at radius 3 is 1.26 bits per heavy atom. The Morgan fingerprint density at radius 1 is 0.491 bits per heavy atom. The number of phenolic OH excluding ortho intramolecular Hbond substituents is 1. The molecule has 324 valence electrons. The van der Waals surface area contributed by atoms with Crippen LogP contribution in [-0.4, -0.2) is 55.5 Å². The minimum Gasteiger partial charge on any atom is -1.00 e.